The number of ether oxygens (including phenoxy) is 1. The molecule has 3 heterocycles. The van der Waals surface area contributed by atoms with Gasteiger partial charge in [-0.2, -0.15) is 0 Å². The number of aromatic nitrogens is 2. The van der Waals surface area contributed by atoms with Crippen LogP contribution in [0, 0.1) is 0 Å². The lowest BCUT2D eigenvalue weighted by atomic mass is 9.67. The van der Waals surface area contributed by atoms with Gasteiger partial charge in [0.2, 0.25) is 0 Å². The van der Waals surface area contributed by atoms with E-state index in [0.717, 1.165) is 52.6 Å². The predicted octanol–water partition coefficient (Wildman–Crippen LogP) is 7.50. The molecular formula is C32H28BN3O2. The Hall–Kier alpha value is -4.45. The zero-order valence-corrected chi connectivity index (χ0v) is 21.5. The molecule has 5 aromatic rings. The molecule has 0 unspecified atom stereocenters. The van der Waals surface area contributed by atoms with Gasteiger partial charge in [0.05, 0.1) is 16.7 Å². The number of hydrogen-bond donors (Lipinski definition) is 0. The first kappa shape index (κ1) is 22.7. The van der Waals surface area contributed by atoms with Crippen molar-refractivity contribution in [1.29, 1.82) is 0 Å². The first-order valence-electron chi connectivity index (χ1n) is 13.2. The van der Waals surface area contributed by atoms with Gasteiger partial charge in [-0.3, -0.25) is 4.57 Å². The third kappa shape index (κ3) is 3.76. The molecule has 0 fully saturated rings. The molecule has 6 heteroatoms. The highest BCUT2D eigenvalue weighted by atomic mass is 16.5. The molecule has 0 radical (unpaired) electrons. The van der Waals surface area contributed by atoms with Gasteiger partial charge in [-0.05, 0) is 86.8 Å². The Labute approximate surface area is 222 Å². The normalized spacial score (nSPS) is 15.0. The average molecular weight is 497 g/mol. The summed E-state index contributed by atoms with van der Waals surface area (Å²) in [7, 11) is -0.117. The van der Waals surface area contributed by atoms with E-state index < -0.39 is 0 Å². The number of pyridine rings is 1. The maximum absolute atomic E-state index is 6.49. The lowest BCUT2D eigenvalue weighted by Gasteiger charge is -2.28. The van der Waals surface area contributed by atoms with Crippen molar-refractivity contribution in [3.8, 4) is 17.3 Å². The second-order valence-electron chi connectivity index (χ2n) is 10.1. The fraction of sp³-hybridized carbons (Fsp3) is 0.156. The second kappa shape index (κ2) is 9.14. The van der Waals surface area contributed by atoms with Crippen molar-refractivity contribution in [1.82, 2.24) is 9.55 Å². The molecule has 5 nitrogen and oxygen atoms in total. The van der Waals surface area contributed by atoms with Crippen molar-refractivity contribution < 1.29 is 9.39 Å². The van der Waals surface area contributed by atoms with Crippen molar-refractivity contribution >= 4 is 34.5 Å². The lowest BCUT2D eigenvalue weighted by molar-refractivity contribution is 0.438. The Morgan fingerprint density at radius 3 is 2.58 bits per heavy atom. The molecule has 0 spiro atoms. The average Bonchev–Trinajstić information content (AvgIpc) is 3.50. The van der Waals surface area contributed by atoms with Crippen molar-refractivity contribution in [2.24, 2.45) is 0 Å². The molecule has 3 aromatic carbocycles. The summed E-state index contributed by atoms with van der Waals surface area (Å²) in [5.41, 5.74) is 4.59. The maximum atomic E-state index is 6.49. The van der Waals surface area contributed by atoms with Gasteiger partial charge in [0, 0.05) is 29.1 Å². The first-order valence-corrected chi connectivity index (χ1v) is 13.2. The second-order valence-corrected chi connectivity index (χ2v) is 10.1. The number of fused-ring (bicyclic) bond motifs is 4. The fourth-order valence-corrected chi connectivity index (χ4v) is 5.72. The van der Waals surface area contributed by atoms with E-state index in [-0.39, 0.29) is 7.05 Å². The Kier molecular flexibility index (Phi) is 5.47. The minimum atomic E-state index is -0.117. The highest BCUT2D eigenvalue weighted by Gasteiger charge is 2.41. The van der Waals surface area contributed by atoms with E-state index in [1.54, 1.807) is 0 Å². The summed E-state index contributed by atoms with van der Waals surface area (Å²) in [5.74, 6) is 3.49. The van der Waals surface area contributed by atoms with Gasteiger partial charge < -0.3 is 14.2 Å². The summed E-state index contributed by atoms with van der Waals surface area (Å²) in [6, 6.07) is 29.4. The Balaban J connectivity index is 1.24. The zero-order chi connectivity index (χ0) is 25.6. The molecule has 0 atom stereocenters. The van der Waals surface area contributed by atoms with Crippen LogP contribution < -0.4 is 14.2 Å². The highest BCUT2D eigenvalue weighted by Crippen LogP contribution is 2.40. The predicted molar refractivity (Wildman–Crippen MR) is 155 cm³/mol. The van der Waals surface area contributed by atoms with Crippen LogP contribution in [0.2, 0.25) is 0 Å². The van der Waals surface area contributed by atoms with Crippen LogP contribution in [0.5, 0.6) is 11.5 Å². The number of allylic oxidation sites excluding steroid dienone is 3. The fourth-order valence-electron chi connectivity index (χ4n) is 5.72. The summed E-state index contributed by atoms with van der Waals surface area (Å²) in [6.07, 6.45) is 8.03. The summed E-state index contributed by atoms with van der Waals surface area (Å²) in [5, 5.41) is 2.38. The number of benzene rings is 3. The molecule has 0 bridgehead atoms. The van der Waals surface area contributed by atoms with Gasteiger partial charge in [-0.25, -0.2) is 4.98 Å². The van der Waals surface area contributed by atoms with Crippen LogP contribution in [0.4, 0.5) is 5.69 Å². The van der Waals surface area contributed by atoms with E-state index in [9.17, 15) is 0 Å². The zero-order valence-electron chi connectivity index (χ0n) is 21.5. The van der Waals surface area contributed by atoms with Gasteiger partial charge in [-0.15, -0.1) is 0 Å². The number of para-hydroxylation sites is 3. The van der Waals surface area contributed by atoms with Gasteiger partial charge in [0.25, 0.3) is 0 Å². The Bertz CT molecular complexity index is 1720. The SMILES string of the molecule is CC(C)N1B(C2=CC(Oc3ccc4c5ccccc5n(-c5ccccn5)c4c3)=CCC2)Oc2ccccc21. The molecule has 7 rings (SSSR count). The number of anilines is 1. The maximum Gasteiger partial charge on any atom is 0.515 e. The number of rotatable bonds is 5. The minimum Gasteiger partial charge on any atom is -0.536 e. The third-order valence-electron chi connectivity index (χ3n) is 7.37. The number of nitrogens with zero attached hydrogens (tertiary/aromatic N) is 3. The summed E-state index contributed by atoms with van der Waals surface area (Å²) in [6.45, 7) is 4.43. The molecule has 2 aromatic heterocycles. The van der Waals surface area contributed by atoms with Crippen molar-refractivity contribution in [3.05, 3.63) is 115 Å². The van der Waals surface area contributed by atoms with Crippen molar-refractivity contribution in [2.75, 3.05) is 4.81 Å². The van der Waals surface area contributed by atoms with Crippen LogP contribution in [0.15, 0.2) is 115 Å². The van der Waals surface area contributed by atoms with Crippen LogP contribution in [-0.2, 0) is 0 Å². The topological polar surface area (TPSA) is 39.5 Å². The molecular weight excluding hydrogens is 469 g/mol. The standard InChI is InChI=1S/C32H28BN3O2/c1-22(2)36-29-14-5-6-15-31(29)38-33(36)23-10-9-11-24(20-23)37-25-17-18-27-26-12-3-4-13-28(26)35(30(27)21-25)32-16-7-8-19-34-32/h3-8,11-22H,9-10H2,1-2H3. The van der Waals surface area contributed by atoms with Crippen molar-refractivity contribution in [2.45, 2.75) is 32.7 Å². The van der Waals surface area contributed by atoms with E-state index in [2.05, 4.69) is 101 Å². The molecule has 1 aliphatic heterocycles. The monoisotopic (exact) mass is 497 g/mol. The molecule has 1 aliphatic carbocycles. The molecule has 0 saturated heterocycles. The quantitative estimate of drug-likeness (QED) is 0.236. The molecule has 38 heavy (non-hydrogen) atoms. The van der Waals surface area contributed by atoms with Crippen LogP contribution in [-0.4, -0.2) is 22.6 Å². The highest BCUT2D eigenvalue weighted by molar-refractivity contribution is 6.67. The Morgan fingerprint density at radius 2 is 1.71 bits per heavy atom. The first-order chi connectivity index (χ1) is 18.7. The number of hydrogen-bond acceptors (Lipinski definition) is 4. The smallest absolute Gasteiger partial charge is 0.515 e. The third-order valence-corrected chi connectivity index (χ3v) is 7.37. The van der Waals surface area contributed by atoms with Crippen LogP contribution in [0.1, 0.15) is 26.7 Å². The van der Waals surface area contributed by atoms with E-state index in [1.807, 2.05) is 30.5 Å². The summed E-state index contributed by atoms with van der Waals surface area (Å²) < 4.78 is 15.1. The van der Waals surface area contributed by atoms with Crippen LogP contribution in [0.25, 0.3) is 27.6 Å². The minimum absolute atomic E-state index is 0.117. The molecule has 0 N–H and O–H groups in total. The lowest BCUT2D eigenvalue weighted by Crippen LogP contribution is -2.46. The van der Waals surface area contributed by atoms with Gasteiger partial charge in [0.1, 0.15) is 23.1 Å². The summed E-state index contributed by atoms with van der Waals surface area (Å²) in [4.78, 5) is 7.00. The van der Waals surface area contributed by atoms with Crippen LogP contribution >= 0.6 is 0 Å². The van der Waals surface area contributed by atoms with Gasteiger partial charge >= 0.3 is 7.05 Å². The van der Waals surface area contributed by atoms with E-state index in [1.165, 1.54) is 16.2 Å². The summed E-state index contributed by atoms with van der Waals surface area (Å²) >= 11 is 0. The molecule has 2 aliphatic rings. The van der Waals surface area contributed by atoms with E-state index >= 15 is 0 Å². The Morgan fingerprint density at radius 1 is 0.895 bits per heavy atom. The molecule has 0 saturated carbocycles. The van der Waals surface area contributed by atoms with E-state index in [4.69, 9.17) is 9.39 Å². The largest absolute Gasteiger partial charge is 0.536 e. The van der Waals surface area contributed by atoms with Crippen LogP contribution in [0.3, 0.4) is 0 Å². The van der Waals surface area contributed by atoms with E-state index in [0.29, 0.717) is 6.04 Å². The van der Waals surface area contributed by atoms with Gasteiger partial charge in [0.15, 0.2) is 0 Å². The molecule has 0 amide bonds. The van der Waals surface area contributed by atoms with Crippen molar-refractivity contribution in [3.63, 3.8) is 0 Å². The molecule has 186 valence electrons. The van der Waals surface area contributed by atoms with Gasteiger partial charge in [-0.1, -0.05) is 36.4 Å².